The van der Waals surface area contributed by atoms with E-state index in [0.717, 1.165) is 27.4 Å². The summed E-state index contributed by atoms with van der Waals surface area (Å²) >= 11 is 2.97. The Bertz CT molecular complexity index is 1040. The van der Waals surface area contributed by atoms with E-state index in [1.54, 1.807) is 0 Å². The molecule has 1 aromatic carbocycles. The molecule has 0 saturated carbocycles. The highest BCUT2D eigenvalue weighted by molar-refractivity contribution is 7.99. The van der Waals surface area contributed by atoms with Gasteiger partial charge in [0.2, 0.25) is 5.91 Å². The third-order valence-corrected chi connectivity index (χ3v) is 6.98. The van der Waals surface area contributed by atoms with Crippen molar-refractivity contribution in [2.24, 2.45) is 0 Å². The minimum absolute atomic E-state index is 0.0625. The average Bonchev–Trinajstić information content (AvgIpc) is 2.96. The molecule has 3 rings (SSSR count). The van der Waals surface area contributed by atoms with E-state index in [4.69, 9.17) is 0 Å². The van der Waals surface area contributed by atoms with Crippen molar-refractivity contribution in [2.75, 3.05) is 11.1 Å². The molecule has 0 radical (unpaired) electrons. The number of aryl methyl sites for hydroxylation is 2. The van der Waals surface area contributed by atoms with E-state index in [2.05, 4.69) is 41.3 Å². The van der Waals surface area contributed by atoms with Crippen molar-refractivity contribution in [1.82, 2.24) is 9.97 Å². The number of nitrogens with one attached hydrogen (secondary N) is 2. The van der Waals surface area contributed by atoms with Gasteiger partial charge in [-0.25, -0.2) is 4.98 Å². The van der Waals surface area contributed by atoms with Gasteiger partial charge in [0.05, 0.1) is 16.9 Å². The summed E-state index contributed by atoms with van der Waals surface area (Å²) in [5.41, 5.74) is 2.97. The predicted molar refractivity (Wildman–Crippen MR) is 120 cm³/mol. The van der Waals surface area contributed by atoms with Gasteiger partial charge in [0, 0.05) is 10.6 Å². The number of amides is 1. The lowest BCUT2D eigenvalue weighted by Crippen LogP contribution is -2.15. The smallest absolute Gasteiger partial charge is 0.259 e. The maximum absolute atomic E-state index is 12.3. The molecule has 28 heavy (non-hydrogen) atoms. The highest BCUT2D eigenvalue weighted by Gasteiger charge is 2.12. The molecule has 0 unspecified atom stereocenters. The first-order valence-electron chi connectivity index (χ1n) is 9.35. The van der Waals surface area contributed by atoms with Crippen molar-refractivity contribution in [1.29, 1.82) is 0 Å². The molecule has 7 heteroatoms. The van der Waals surface area contributed by atoms with Crippen LogP contribution in [0.2, 0.25) is 0 Å². The highest BCUT2D eigenvalue weighted by Crippen LogP contribution is 2.26. The fourth-order valence-electron chi connectivity index (χ4n) is 2.94. The third kappa shape index (κ3) is 4.64. The number of thiophene rings is 1. The van der Waals surface area contributed by atoms with Crippen molar-refractivity contribution >= 4 is 44.9 Å². The predicted octanol–water partition coefficient (Wildman–Crippen LogP) is 4.99. The number of rotatable bonds is 7. The first-order chi connectivity index (χ1) is 13.4. The SMILES string of the molecule is CC[C@@H](C)c1ccc(NC(=O)CSCc2nc3sc(C)c(C)c3c(=O)[nH]2)cc1. The molecular weight excluding hydrogens is 390 g/mol. The summed E-state index contributed by atoms with van der Waals surface area (Å²) in [6.45, 7) is 8.30. The summed E-state index contributed by atoms with van der Waals surface area (Å²) in [6.07, 6.45) is 1.09. The van der Waals surface area contributed by atoms with Crippen LogP contribution in [0, 0.1) is 13.8 Å². The van der Waals surface area contributed by atoms with E-state index in [-0.39, 0.29) is 11.5 Å². The van der Waals surface area contributed by atoms with E-state index in [0.29, 0.717) is 28.6 Å². The molecule has 2 aromatic heterocycles. The lowest BCUT2D eigenvalue weighted by atomic mass is 9.99. The summed E-state index contributed by atoms with van der Waals surface area (Å²) in [6, 6.07) is 8.01. The average molecular weight is 416 g/mol. The quantitative estimate of drug-likeness (QED) is 0.570. The van der Waals surface area contributed by atoms with E-state index in [1.165, 1.54) is 28.7 Å². The van der Waals surface area contributed by atoms with Gasteiger partial charge in [-0.15, -0.1) is 23.1 Å². The third-order valence-electron chi connectivity index (χ3n) is 4.94. The second-order valence-electron chi connectivity index (χ2n) is 6.95. The van der Waals surface area contributed by atoms with Crippen LogP contribution >= 0.6 is 23.1 Å². The zero-order valence-corrected chi connectivity index (χ0v) is 18.2. The lowest BCUT2D eigenvalue weighted by molar-refractivity contribution is -0.113. The summed E-state index contributed by atoms with van der Waals surface area (Å²) in [5, 5.41) is 3.59. The highest BCUT2D eigenvalue weighted by atomic mass is 32.2. The molecule has 148 valence electrons. The van der Waals surface area contributed by atoms with Gasteiger partial charge >= 0.3 is 0 Å². The fourth-order valence-corrected chi connectivity index (χ4v) is 4.67. The summed E-state index contributed by atoms with van der Waals surface area (Å²) in [5.74, 6) is 1.85. The summed E-state index contributed by atoms with van der Waals surface area (Å²) in [4.78, 5) is 33.7. The molecule has 0 fully saturated rings. The van der Waals surface area contributed by atoms with Crippen LogP contribution in [0.4, 0.5) is 5.69 Å². The van der Waals surface area contributed by atoms with Crippen molar-refractivity contribution in [3.05, 3.63) is 56.4 Å². The molecule has 0 spiro atoms. The van der Waals surface area contributed by atoms with Gasteiger partial charge in [0.15, 0.2) is 0 Å². The van der Waals surface area contributed by atoms with Gasteiger partial charge in [-0.1, -0.05) is 26.0 Å². The van der Waals surface area contributed by atoms with Crippen LogP contribution in [0.3, 0.4) is 0 Å². The van der Waals surface area contributed by atoms with Crippen LogP contribution in [0.5, 0.6) is 0 Å². The maximum atomic E-state index is 12.3. The molecule has 0 aliphatic heterocycles. The Balaban J connectivity index is 1.55. The molecule has 1 atom stereocenters. The number of anilines is 1. The molecule has 0 saturated heterocycles. The number of aromatic nitrogens is 2. The minimum Gasteiger partial charge on any atom is -0.325 e. The van der Waals surface area contributed by atoms with Crippen LogP contribution in [0.1, 0.15) is 48.0 Å². The fraction of sp³-hybridized carbons (Fsp3) is 0.381. The van der Waals surface area contributed by atoms with Gasteiger partial charge in [-0.2, -0.15) is 0 Å². The first kappa shape index (κ1) is 20.6. The number of hydrogen-bond acceptors (Lipinski definition) is 5. The van der Waals surface area contributed by atoms with Crippen LogP contribution in [0.15, 0.2) is 29.1 Å². The molecule has 5 nitrogen and oxygen atoms in total. The molecule has 3 aromatic rings. The van der Waals surface area contributed by atoms with Gasteiger partial charge in [-0.05, 0) is 49.4 Å². The largest absolute Gasteiger partial charge is 0.325 e. The van der Waals surface area contributed by atoms with Gasteiger partial charge in [-0.3, -0.25) is 9.59 Å². The van der Waals surface area contributed by atoms with E-state index >= 15 is 0 Å². The summed E-state index contributed by atoms with van der Waals surface area (Å²) in [7, 11) is 0. The number of nitrogens with zero attached hydrogens (tertiary/aromatic N) is 1. The molecule has 0 bridgehead atoms. The number of carbonyl (C=O) groups excluding carboxylic acids is 1. The Morgan fingerprint density at radius 3 is 2.68 bits per heavy atom. The normalized spacial score (nSPS) is 12.3. The molecule has 2 N–H and O–H groups in total. The summed E-state index contributed by atoms with van der Waals surface area (Å²) < 4.78 is 0. The van der Waals surface area contributed by atoms with Gasteiger partial charge in [0.1, 0.15) is 10.7 Å². The molecular formula is C21H25N3O2S2. The number of aromatic amines is 1. The Labute approximate surface area is 173 Å². The Hall–Kier alpha value is -2.12. The maximum Gasteiger partial charge on any atom is 0.259 e. The second-order valence-corrected chi connectivity index (χ2v) is 9.14. The van der Waals surface area contributed by atoms with E-state index < -0.39 is 0 Å². The number of thioether (sulfide) groups is 1. The topological polar surface area (TPSA) is 74.8 Å². The minimum atomic E-state index is -0.103. The zero-order valence-electron chi connectivity index (χ0n) is 16.6. The molecule has 1 amide bonds. The van der Waals surface area contributed by atoms with Crippen LogP contribution in [0.25, 0.3) is 10.2 Å². The zero-order chi connectivity index (χ0) is 20.3. The second kappa shape index (κ2) is 8.92. The van der Waals surface area contributed by atoms with Crippen LogP contribution < -0.4 is 10.9 Å². The number of benzene rings is 1. The van der Waals surface area contributed by atoms with Crippen molar-refractivity contribution in [3.63, 3.8) is 0 Å². The van der Waals surface area contributed by atoms with Crippen LogP contribution in [-0.2, 0) is 10.5 Å². The number of hydrogen-bond donors (Lipinski definition) is 2. The van der Waals surface area contributed by atoms with E-state index in [1.807, 2.05) is 26.0 Å². The van der Waals surface area contributed by atoms with Crippen LogP contribution in [-0.4, -0.2) is 21.6 Å². The standard InChI is InChI=1S/C21H25N3O2S2/c1-5-12(2)15-6-8-16(9-7-15)22-18(25)11-27-10-17-23-20(26)19-13(3)14(4)28-21(19)24-17/h6-9,12H,5,10-11H2,1-4H3,(H,22,25)(H,23,24,26)/t12-/m1/s1. The van der Waals surface area contributed by atoms with Crippen molar-refractivity contribution < 1.29 is 4.79 Å². The molecule has 0 aliphatic carbocycles. The van der Waals surface area contributed by atoms with Crippen molar-refractivity contribution in [3.8, 4) is 0 Å². The monoisotopic (exact) mass is 415 g/mol. The number of H-pyrrole nitrogens is 1. The van der Waals surface area contributed by atoms with Crippen molar-refractivity contribution in [2.45, 2.75) is 45.8 Å². The van der Waals surface area contributed by atoms with Gasteiger partial charge in [0.25, 0.3) is 5.56 Å². The number of fused-ring (bicyclic) bond motifs is 1. The Kier molecular flexibility index (Phi) is 6.57. The van der Waals surface area contributed by atoms with Gasteiger partial charge < -0.3 is 10.3 Å². The molecule has 2 heterocycles. The first-order valence-corrected chi connectivity index (χ1v) is 11.3. The lowest BCUT2D eigenvalue weighted by Gasteiger charge is -2.10. The Morgan fingerprint density at radius 1 is 1.29 bits per heavy atom. The Morgan fingerprint density at radius 2 is 2.00 bits per heavy atom. The van der Waals surface area contributed by atoms with E-state index in [9.17, 15) is 9.59 Å². The number of carbonyl (C=O) groups is 1. The molecule has 0 aliphatic rings.